The summed E-state index contributed by atoms with van der Waals surface area (Å²) in [6.07, 6.45) is -0.645. The maximum atomic E-state index is 12.0. The topological polar surface area (TPSA) is 113 Å². The summed E-state index contributed by atoms with van der Waals surface area (Å²) in [5.74, 6) is 0.676. The number of anilines is 1. The van der Waals surface area contributed by atoms with Crippen molar-refractivity contribution in [3.63, 3.8) is 0 Å². The number of methoxy groups -OCH3 is 2. The van der Waals surface area contributed by atoms with Gasteiger partial charge in [-0.05, 0) is 42.0 Å². The van der Waals surface area contributed by atoms with Crippen LogP contribution in [0.3, 0.4) is 0 Å². The average molecular weight is 419 g/mol. The summed E-state index contributed by atoms with van der Waals surface area (Å²) >= 11 is 0. The predicted octanol–water partition coefficient (Wildman–Crippen LogP) is 2.62. The van der Waals surface area contributed by atoms with E-state index in [0.29, 0.717) is 28.3 Å². The van der Waals surface area contributed by atoms with Crippen molar-refractivity contribution in [3.8, 4) is 11.5 Å². The van der Waals surface area contributed by atoms with Gasteiger partial charge < -0.3 is 28.8 Å². The third-order valence-electron chi connectivity index (χ3n) is 3.84. The average Bonchev–Trinajstić information content (AvgIpc) is 2.77. The quantitative estimate of drug-likeness (QED) is 0.422. The SMILES string of the molecule is COc1cc(COC(=O)Nc2ccc(C(=O)OCCOCCO)cc2)cc(OC)c1. The number of hydrogen-bond donors (Lipinski definition) is 2. The van der Waals surface area contributed by atoms with Crippen LogP contribution in [0.2, 0.25) is 0 Å². The number of carbonyl (C=O) groups is 2. The number of amides is 1. The zero-order valence-corrected chi connectivity index (χ0v) is 16.9. The summed E-state index contributed by atoms with van der Waals surface area (Å²) in [4.78, 5) is 23.9. The van der Waals surface area contributed by atoms with Crippen molar-refractivity contribution >= 4 is 17.7 Å². The van der Waals surface area contributed by atoms with Crippen molar-refractivity contribution in [2.45, 2.75) is 6.61 Å². The lowest BCUT2D eigenvalue weighted by Gasteiger charge is -2.10. The van der Waals surface area contributed by atoms with Gasteiger partial charge in [-0.3, -0.25) is 5.32 Å². The molecule has 0 bridgehead atoms. The van der Waals surface area contributed by atoms with E-state index in [2.05, 4.69) is 5.32 Å². The lowest BCUT2D eigenvalue weighted by Crippen LogP contribution is -2.14. The largest absolute Gasteiger partial charge is 0.497 e. The second-order valence-corrected chi connectivity index (χ2v) is 5.97. The summed E-state index contributed by atoms with van der Waals surface area (Å²) in [7, 11) is 3.08. The standard InChI is InChI=1S/C21H25NO8/c1-26-18-11-15(12-19(13-18)27-2)14-30-21(25)22-17-5-3-16(4-6-17)20(24)29-10-9-28-8-7-23/h3-6,11-13,23H,7-10,14H2,1-2H3,(H,22,25). The first-order valence-electron chi connectivity index (χ1n) is 9.17. The van der Waals surface area contributed by atoms with Gasteiger partial charge in [-0.15, -0.1) is 0 Å². The molecule has 1 amide bonds. The number of hydrogen-bond acceptors (Lipinski definition) is 8. The maximum Gasteiger partial charge on any atom is 0.411 e. The molecule has 0 aliphatic heterocycles. The Hall–Kier alpha value is -3.30. The van der Waals surface area contributed by atoms with E-state index in [1.807, 2.05) is 0 Å². The number of esters is 1. The zero-order chi connectivity index (χ0) is 21.8. The van der Waals surface area contributed by atoms with E-state index in [9.17, 15) is 9.59 Å². The minimum atomic E-state index is -0.645. The Morgan fingerprint density at radius 1 is 0.900 bits per heavy atom. The summed E-state index contributed by atoms with van der Waals surface area (Å²) < 4.78 is 25.6. The van der Waals surface area contributed by atoms with Crippen LogP contribution in [-0.2, 0) is 20.8 Å². The van der Waals surface area contributed by atoms with Crippen LogP contribution in [0.4, 0.5) is 10.5 Å². The summed E-state index contributed by atoms with van der Waals surface area (Å²) in [6, 6.07) is 11.4. The normalized spacial score (nSPS) is 10.2. The van der Waals surface area contributed by atoms with Crippen LogP contribution in [0.1, 0.15) is 15.9 Å². The first kappa shape index (κ1) is 23.0. The van der Waals surface area contributed by atoms with Gasteiger partial charge >= 0.3 is 12.1 Å². The Balaban J connectivity index is 1.81. The molecule has 2 rings (SSSR count). The van der Waals surface area contributed by atoms with Crippen LogP contribution in [0.5, 0.6) is 11.5 Å². The van der Waals surface area contributed by atoms with Gasteiger partial charge in [0.2, 0.25) is 0 Å². The molecule has 0 spiro atoms. The molecule has 0 atom stereocenters. The number of carbonyl (C=O) groups excluding carboxylic acids is 2. The fourth-order valence-corrected chi connectivity index (χ4v) is 2.39. The molecule has 30 heavy (non-hydrogen) atoms. The highest BCUT2D eigenvalue weighted by Gasteiger charge is 2.09. The van der Waals surface area contributed by atoms with E-state index in [1.165, 1.54) is 26.4 Å². The van der Waals surface area contributed by atoms with Crippen LogP contribution in [0.25, 0.3) is 0 Å². The minimum Gasteiger partial charge on any atom is -0.497 e. The molecule has 0 aromatic heterocycles. The van der Waals surface area contributed by atoms with Crippen LogP contribution >= 0.6 is 0 Å². The van der Waals surface area contributed by atoms with E-state index < -0.39 is 12.1 Å². The molecule has 0 fully saturated rings. The van der Waals surface area contributed by atoms with Gasteiger partial charge in [0.15, 0.2) is 0 Å². The summed E-state index contributed by atoms with van der Waals surface area (Å²) in [6.45, 7) is 0.428. The van der Waals surface area contributed by atoms with Crippen molar-refractivity contribution in [1.82, 2.24) is 0 Å². The van der Waals surface area contributed by atoms with E-state index >= 15 is 0 Å². The van der Waals surface area contributed by atoms with Crippen molar-refractivity contribution in [3.05, 3.63) is 53.6 Å². The molecule has 0 unspecified atom stereocenters. The molecule has 162 valence electrons. The molecule has 2 aromatic carbocycles. The number of rotatable bonds is 11. The predicted molar refractivity (Wildman–Crippen MR) is 108 cm³/mol. The second-order valence-electron chi connectivity index (χ2n) is 5.97. The highest BCUT2D eigenvalue weighted by molar-refractivity contribution is 5.91. The van der Waals surface area contributed by atoms with Crippen molar-refractivity contribution in [1.29, 1.82) is 0 Å². The molecule has 2 N–H and O–H groups in total. The third kappa shape index (κ3) is 7.61. The highest BCUT2D eigenvalue weighted by Crippen LogP contribution is 2.23. The molecule has 0 aliphatic rings. The number of nitrogens with one attached hydrogen (secondary N) is 1. The van der Waals surface area contributed by atoms with Crippen molar-refractivity contribution < 1.29 is 38.4 Å². The molecule has 0 aliphatic carbocycles. The number of aliphatic hydroxyl groups excluding tert-OH is 1. The van der Waals surface area contributed by atoms with Crippen LogP contribution < -0.4 is 14.8 Å². The Morgan fingerprint density at radius 3 is 2.17 bits per heavy atom. The smallest absolute Gasteiger partial charge is 0.411 e. The van der Waals surface area contributed by atoms with Crippen LogP contribution in [0, 0.1) is 0 Å². The maximum absolute atomic E-state index is 12.0. The number of benzene rings is 2. The van der Waals surface area contributed by atoms with E-state index in [1.54, 1.807) is 30.3 Å². The van der Waals surface area contributed by atoms with Crippen molar-refractivity contribution in [2.75, 3.05) is 46.0 Å². The van der Waals surface area contributed by atoms with Gasteiger partial charge in [-0.25, -0.2) is 9.59 Å². The third-order valence-corrected chi connectivity index (χ3v) is 3.84. The fourth-order valence-electron chi connectivity index (χ4n) is 2.39. The molecule has 0 radical (unpaired) electrons. The fraction of sp³-hybridized carbons (Fsp3) is 0.333. The van der Waals surface area contributed by atoms with Gasteiger partial charge in [0, 0.05) is 11.8 Å². The Bertz CT molecular complexity index is 800. The first-order chi connectivity index (χ1) is 14.5. The van der Waals surface area contributed by atoms with Gasteiger partial charge in [-0.2, -0.15) is 0 Å². The van der Waals surface area contributed by atoms with Crippen LogP contribution in [0.15, 0.2) is 42.5 Å². The van der Waals surface area contributed by atoms with Gasteiger partial charge in [-0.1, -0.05) is 0 Å². The monoisotopic (exact) mass is 419 g/mol. The van der Waals surface area contributed by atoms with Gasteiger partial charge in [0.25, 0.3) is 0 Å². The lowest BCUT2D eigenvalue weighted by atomic mass is 10.2. The number of ether oxygens (including phenoxy) is 5. The van der Waals surface area contributed by atoms with E-state index in [-0.39, 0.29) is 33.0 Å². The molecule has 9 heteroatoms. The van der Waals surface area contributed by atoms with Gasteiger partial charge in [0.05, 0.1) is 39.6 Å². The van der Waals surface area contributed by atoms with Crippen molar-refractivity contribution in [2.24, 2.45) is 0 Å². The number of aliphatic hydroxyl groups is 1. The molecular weight excluding hydrogens is 394 g/mol. The van der Waals surface area contributed by atoms with Crippen LogP contribution in [-0.4, -0.2) is 57.8 Å². The Kier molecular flexibility index (Phi) is 9.43. The van der Waals surface area contributed by atoms with Gasteiger partial charge in [0.1, 0.15) is 24.7 Å². The lowest BCUT2D eigenvalue weighted by molar-refractivity contribution is 0.0258. The Labute approximate surface area is 174 Å². The summed E-state index contributed by atoms with van der Waals surface area (Å²) in [5, 5.41) is 11.2. The Morgan fingerprint density at radius 2 is 1.57 bits per heavy atom. The molecule has 9 nitrogen and oxygen atoms in total. The molecule has 0 heterocycles. The minimum absolute atomic E-state index is 0.0299. The molecule has 0 saturated heterocycles. The molecule has 2 aromatic rings. The second kappa shape index (κ2) is 12.3. The summed E-state index contributed by atoms with van der Waals surface area (Å²) in [5.41, 5.74) is 1.51. The zero-order valence-electron chi connectivity index (χ0n) is 16.9. The molecular formula is C21H25NO8. The molecule has 0 saturated carbocycles. The van der Waals surface area contributed by atoms with E-state index in [0.717, 1.165) is 0 Å². The first-order valence-corrected chi connectivity index (χ1v) is 9.17. The highest BCUT2D eigenvalue weighted by atomic mass is 16.6. The van der Waals surface area contributed by atoms with E-state index in [4.69, 9.17) is 28.8 Å².